The van der Waals surface area contributed by atoms with Crippen molar-refractivity contribution in [2.45, 2.75) is 52.0 Å². The Bertz CT molecular complexity index is 855. The Morgan fingerprint density at radius 1 is 1.07 bits per heavy atom. The third-order valence-electron chi connectivity index (χ3n) is 5.46. The van der Waals surface area contributed by atoms with Gasteiger partial charge in [-0.25, -0.2) is 0 Å². The van der Waals surface area contributed by atoms with Crippen molar-refractivity contribution in [3.05, 3.63) is 65.2 Å². The second-order valence-corrected chi connectivity index (χ2v) is 12.3. The normalized spacial score (nSPS) is 20.7. The standard InChI is InChI=1S/C23H28O3Si/c1-16-10-11-17(2)23(27(3,4)20-8-6-5-7-9-20)21(16)13-12-19-14-18(24)15-22(25)26-19/h5-13,18-19,24H,14-15H2,1-4H3/b13-12+. The lowest BCUT2D eigenvalue weighted by molar-refractivity contribution is -0.156. The van der Waals surface area contributed by atoms with Crippen molar-refractivity contribution in [3.63, 3.8) is 0 Å². The molecule has 0 aromatic heterocycles. The first-order valence-corrected chi connectivity index (χ1v) is 12.5. The fourth-order valence-electron chi connectivity index (χ4n) is 4.01. The van der Waals surface area contributed by atoms with Gasteiger partial charge in [-0.2, -0.15) is 0 Å². The number of ether oxygens (including phenoxy) is 1. The zero-order valence-corrected chi connectivity index (χ0v) is 17.5. The average Bonchev–Trinajstić information content (AvgIpc) is 2.62. The van der Waals surface area contributed by atoms with Gasteiger partial charge in [0.1, 0.15) is 14.2 Å². The van der Waals surface area contributed by atoms with E-state index in [0.717, 1.165) is 0 Å². The lowest BCUT2D eigenvalue weighted by atomic mass is 10.0. The first kappa shape index (κ1) is 19.6. The van der Waals surface area contributed by atoms with E-state index in [1.165, 1.54) is 27.1 Å². The summed E-state index contributed by atoms with van der Waals surface area (Å²) in [5.74, 6) is -0.330. The van der Waals surface area contributed by atoms with Gasteiger partial charge in [0, 0.05) is 6.42 Å². The highest BCUT2D eigenvalue weighted by Crippen LogP contribution is 2.20. The third kappa shape index (κ3) is 4.23. The number of hydrogen-bond acceptors (Lipinski definition) is 3. The number of aliphatic hydroxyl groups is 1. The van der Waals surface area contributed by atoms with Crippen LogP contribution in [0.15, 0.2) is 48.5 Å². The smallest absolute Gasteiger partial charge is 0.309 e. The van der Waals surface area contributed by atoms with Crippen LogP contribution in [0.2, 0.25) is 13.1 Å². The van der Waals surface area contributed by atoms with Crippen LogP contribution in [0.1, 0.15) is 29.5 Å². The number of aliphatic hydroxyl groups excluding tert-OH is 1. The van der Waals surface area contributed by atoms with Gasteiger partial charge < -0.3 is 9.84 Å². The molecule has 1 aliphatic rings. The van der Waals surface area contributed by atoms with Gasteiger partial charge in [0.05, 0.1) is 12.5 Å². The van der Waals surface area contributed by atoms with Crippen LogP contribution in [-0.4, -0.2) is 31.4 Å². The van der Waals surface area contributed by atoms with Crippen LogP contribution >= 0.6 is 0 Å². The molecule has 0 radical (unpaired) electrons. The number of rotatable bonds is 4. The summed E-state index contributed by atoms with van der Waals surface area (Å²) in [5.41, 5.74) is 3.72. The van der Waals surface area contributed by atoms with Gasteiger partial charge in [-0.05, 0) is 36.2 Å². The molecule has 142 valence electrons. The maximum Gasteiger partial charge on any atom is 0.309 e. The molecule has 0 amide bonds. The van der Waals surface area contributed by atoms with E-state index in [4.69, 9.17) is 4.74 Å². The Morgan fingerprint density at radius 2 is 1.74 bits per heavy atom. The Balaban J connectivity index is 2.02. The highest BCUT2D eigenvalue weighted by atomic mass is 28.3. The molecule has 4 heteroatoms. The Morgan fingerprint density at radius 3 is 2.41 bits per heavy atom. The molecule has 1 fully saturated rings. The number of aryl methyl sites for hydroxylation is 2. The van der Waals surface area contributed by atoms with Crippen LogP contribution in [0.5, 0.6) is 0 Å². The SMILES string of the molecule is Cc1ccc(C)c([Si](C)(C)c2ccccc2)c1/C=C/C1CC(O)CC(=O)O1. The van der Waals surface area contributed by atoms with Crippen molar-refractivity contribution in [1.29, 1.82) is 0 Å². The molecular formula is C23H28O3Si. The van der Waals surface area contributed by atoms with Crippen LogP contribution in [-0.2, 0) is 9.53 Å². The number of carbonyl (C=O) groups is 1. The van der Waals surface area contributed by atoms with Gasteiger partial charge in [-0.1, -0.05) is 72.4 Å². The number of cyclic esters (lactones) is 1. The van der Waals surface area contributed by atoms with Crippen LogP contribution in [0.3, 0.4) is 0 Å². The molecule has 1 N–H and O–H groups in total. The second kappa shape index (κ2) is 7.83. The summed E-state index contributed by atoms with van der Waals surface area (Å²) in [6.45, 7) is 9.06. The Hall–Kier alpha value is -2.17. The highest BCUT2D eigenvalue weighted by molar-refractivity contribution is 7.01. The summed E-state index contributed by atoms with van der Waals surface area (Å²) in [5, 5.41) is 12.7. The van der Waals surface area contributed by atoms with E-state index in [1.807, 2.05) is 6.08 Å². The molecule has 27 heavy (non-hydrogen) atoms. The highest BCUT2D eigenvalue weighted by Gasteiger charge is 2.30. The molecule has 0 bridgehead atoms. The van der Waals surface area contributed by atoms with E-state index in [2.05, 4.69) is 75.5 Å². The predicted molar refractivity (Wildman–Crippen MR) is 113 cm³/mol. The average molecular weight is 381 g/mol. The molecule has 2 aromatic carbocycles. The second-order valence-electron chi connectivity index (χ2n) is 7.96. The molecule has 3 rings (SSSR count). The van der Waals surface area contributed by atoms with Crippen LogP contribution in [0.4, 0.5) is 0 Å². The number of benzene rings is 2. The van der Waals surface area contributed by atoms with Gasteiger partial charge in [-0.3, -0.25) is 4.79 Å². The monoisotopic (exact) mass is 380 g/mol. The molecule has 2 aromatic rings. The molecule has 1 saturated heterocycles. The zero-order chi connectivity index (χ0) is 19.6. The van der Waals surface area contributed by atoms with Crippen molar-refractivity contribution in [2.24, 2.45) is 0 Å². The van der Waals surface area contributed by atoms with E-state index in [-0.39, 0.29) is 18.5 Å². The summed E-state index contributed by atoms with van der Waals surface area (Å²) in [6, 6.07) is 15.1. The van der Waals surface area contributed by atoms with Gasteiger partial charge in [0.15, 0.2) is 0 Å². The van der Waals surface area contributed by atoms with Crippen LogP contribution in [0, 0.1) is 13.8 Å². The Labute approximate surface area is 162 Å². The third-order valence-corrected chi connectivity index (χ3v) is 9.15. The van der Waals surface area contributed by atoms with Crippen molar-refractivity contribution in [1.82, 2.24) is 0 Å². The molecule has 3 nitrogen and oxygen atoms in total. The fraction of sp³-hybridized carbons (Fsp3) is 0.348. The topological polar surface area (TPSA) is 46.5 Å². The van der Waals surface area contributed by atoms with E-state index in [1.54, 1.807) is 0 Å². The lowest BCUT2D eigenvalue weighted by Gasteiger charge is -2.29. The first-order valence-electron chi connectivity index (χ1n) is 9.51. The summed E-state index contributed by atoms with van der Waals surface area (Å²) in [4.78, 5) is 11.6. The molecule has 0 spiro atoms. The van der Waals surface area contributed by atoms with E-state index < -0.39 is 14.2 Å². The maximum absolute atomic E-state index is 11.6. The molecule has 0 saturated carbocycles. The van der Waals surface area contributed by atoms with Gasteiger partial charge >= 0.3 is 5.97 Å². The van der Waals surface area contributed by atoms with Crippen molar-refractivity contribution < 1.29 is 14.6 Å². The minimum absolute atomic E-state index is 0.0903. The molecular weight excluding hydrogens is 352 g/mol. The van der Waals surface area contributed by atoms with E-state index >= 15 is 0 Å². The Kier molecular flexibility index (Phi) is 5.68. The maximum atomic E-state index is 11.6. The first-order chi connectivity index (χ1) is 12.8. The summed E-state index contributed by atoms with van der Waals surface area (Å²) in [6.07, 6.45) is 3.59. The van der Waals surface area contributed by atoms with E-state index in [9.17, 15) is 9.90 Å². The summed E-state index contributed by atoms with van der Waals surface area (Å²) in [7, 11) is -1.90. The minimum atomic E-state index is -1.90. The fourth-order valence-corrected chi connectivity index (χ4v) is 7.34. The lowest BCUT2D eigenvalue weighted by Crippen LogP contribution is -2.55. The number of carbonyl (C=O) groups excluding carboxylic acids is 1. The summed E-state index contributed by atoms with van der Waals surface area (Å²) < 4.78 is 5.38. The van der Waals surface area contributed by atoms with Gasteiger partial charge in [-0.15, -0.1) is 0 Å². The number of esters is 1. The van der Waals surface area contributed by atoms with Crippen LogP contribution in [0.25, 0.3) is 6.08 Å². The number of hydrogen-bond donors (Lipinski definition) is 1. The van der Waals surface area contributed by atoms with Crippen molar-refractivity contribution in [2.75, 3.05) is 0 Å². The molecule has 1 aliphatic heterocycles. The van der Waals surface area contributed by atoms with Crippen molar-refractivity contribution >= 4 is 30.5 Å². The zero-order valence-electron chi connectivity index (χ0n) is 16.5. The molecule has 0 aliphatic carbocycles. The van der Waals surface area contributed by atoms with Gasteiger partial charge in [0.25, 0.3) is 0 Å². The quantitative estimate of drug-likeness (QED) is 0.654. The molecule has 2 atom stereocenters. The molecule has 1 heterocycles. The minimum Gasteiger partial charge on any atom is -0.458 e. The molecule has 2 unspecified atom stereocenters. The summed E-state index contributed by atoms with van der Waals surface area (Å²) >= 11 is 0. The largest absolute Gasteiger partial charge is 0.458 e. The van der Waals surface area contributed by atoms with Crippen LogP contribution < -0.4 is 10.4 Å². The van der Waals surface area contributed by atoms with Gasteiger partial charge in [0.2, 0.25) is 0 Å². The van der Waals surface area contributed by atoms with E-state index in [0.29, 0.717) is 6.42 Å². The van der Waals surface area contributed by atoms with Crippen molar-refractivity contribution in [3.8, 4) is 0 Å². The predicted octanol–water partition coefficient (Wildman–Crippen LogP) is 3.21.